The molecule has 4 rings (SSSR count). The lowest BCUT2D eigenvalue weighted by Gasteiger charge is -2.32. The van der Waals surface area contributed by atoms with Gasteiger partial charge in [0.05, 0.1) is 0 Å². The second kappa shape index (κ2) is 7.23. The maximum atomic E-state index is 12.4. The van der Waals surface area contributed by atoms with E-state index in [1.54, 1.807) is 0 Å². The van der Waals surface area contributed by atoms with E-state index < -0.39 is 0 Å². The standard InChI is InChI=1S/C19H24N4O2S/c1-12-3-4-13(2)16(11-12)25-15-7-9-23(10-8-15)19(24)20-18-22-21-17(26-18)14-5-6-14/h3-4,11,14-15H,5-10H2,1-2H3,(H,20,22,24). The Morgan fingerprint density at radius 2 is 1.96 bits per heavy atom. The van der Waals surface area contributed by atoms with Crippen molar-refractivity contribution in [3.8, 4) is 5.75 Å². The van der Waals surface area contributed by atoms with Crippen LogP contribution in [0, 0.1) is 13.8 Å². The van der Waals surface area contributed by atoms with Crippen LogP contribution in [-0.4, -0.2) is 40.3 Å². The van der Waals surface area contributed by atoms with Gasteiger partial charge in [-0.15, -0.1) is 10.2 Å². The third-order valence-corrected chi connectivity index (χ3v) is 5.95. The highest BCUT2D eigenvalue weighted by molar-refractivity contribution is 7.15. The molecule has 0 atom stereocenters. The molecule has 6 nitrogen and oxygen atoms in total. The maximum Gasteiger partial charge on any atom is 0.323 e. The van der Waals surface area contributed by atoms with Gasteiger partial charge >= 0.3 is 6.03 Å². The van der Waals surface area contributed by atoms with Crippen LogP contribution >= 0.6 is 11.3 Å². The molecule has 0 bridgehead atoms. The summed E-state index contributed by atoms with van der Waals surface area (Å²) in [5, 5.41) is 12.8. The van der Waals surface area contributed by atoms with Crippen LogP contribution in [0.25, 0.3) is 0 Å². The van der Waals surface area contributed by atoms with Crippen molar-refractivity contribution in [2.75, 3.05) is 18.4 Å². The maximum absolute atomic E-state index is 12.4. The van der Waals surface area contributed by atoms with Gasteiger partial charge in [-0.05, 0) is 43.9 Å². The zero-order chi connectivity index (χ0) is 18.1. The Morgan fingerprint density at radius 3 is 2.69 bits per heavy atom. The van der Waals surface area contributed by atoms with Gasteiger partial charge in [-0.1, -0.05) is 23.5 Å². The number of aromatic nitrogens is 2. The van der Waals surface area contributed by atoms with Crippen LogP contribution in [0.4, 0.5) is 9.93 Å². The molecular weight excluding hydrogens is 348 g/mol. The molecule has 26 heavy (non-hydrogen) atoms. The topological polar surface area (TPSA) is 67.3 Å². The minimum atomic E-state index is -0.0892. The van der Waals surface area contributed by atoms with E-state index in [1.807, 2.05) is 4.90 Å². The number of rotatable bonds is 4. The Labute approximate surface area is 157 Å². The number of anilines is 1. The Balaban J connectivity index is 1.28. The minimum absolute atomic E-state index is 0.0892. The monoisotopic (exact) mass is 372 g/mol. The Kier molecular flexibility index (Phi) is 4.80. The van der Waals surface area contributed by atoms with Crippen molar-refractivity contribution in [2.24, 2.45) is 0 Å². The Morgan fingerprint density at radius 1 is 1.19 bits per heavy atom. The average Bonchev–Trinajstić information content (AvgIpc) is 3.38. The van der Waals surface area contributed by atoms with Crippen molar-refractivity contribution >= 4 is 22.5 Å². The summed E-state index contributed by atoms with van der Waals surface area (Å²) in [5.41, 5.74) is 2.35. The van der Waals surface area contributed by atoms with Gasteiger partial charge in [-0.2, -0.15) is 0 Å². The van der Waals surface area contributed by atoms with E-state index in [2.05, 4.69) is 47.6 Å². The summed E-state index contributed by atoms with van der Waals surface area (Å²) in [6, 6.07) is 6.18. The fourth-order valence-corrected chi connectivity index (χ4v) is 4.04. The Bertz CT molecular complexity index is 795. The summed E-state index contributed by atoms with van der Waals surface area (Å²) in [5.74, 6) is 1.52. The van der Waals surface area contributed by atoms with E-state index in [0.29, 0.717) is 24.1 Å². The van der Waals surface area contributed by atoms with Crippen LogP contribution in [0.5, 0.6) is 5.75 Å². The normalized spacial score (nSPS) is 18.0. The highest BCUT2D eigenvalue weighted by Gasteiger charge is 2.29. The molecule has 0 radical (unpaired) electrons. The van der Waals surface area contributed by atoms with Crippen LogP contribution in [0.1, 0.15) is 47.7 Å². The second-order valence-corrected chi connectivity index (χ2v) is 8.23. The number of hydrogen-bond acceptors (Lipinski definition) is 5. The van der Waals surface area contributed by atoms with E-state index in [-0.39, 0.29) is 12.1 Å². The molecule has 1 aliphatic heterocycles. The van der Waals surface area contributed by atoms with Crippen molar-refractivity contribution < 1.29 is 9.53 Å². The van der Waals surface area contributed by atoms with Gasteiger partial charge in [-0.25, -0.2) is 4.79 Å². The highest BCUT2D eigenvalue weighted by atomic mass is 32.1. The number of amides is 2. The van der Waals surface area contributed by atoms with Crippen molar-refractivity contribution in [3.05, 3.63) is 34.3 Å². The first kappa shape index (κ1) is 17.3. The average molecular weight is 372 g/mol. The van der Waals surface area contributed by atoms with Crippen molar-refractivity contribution in [2.45, 2.75) is 51.6 Å². The SMILES string of the molecule is Cc1ccc(C)c(OC2CCN(C(=O)Nc3nnc(C4CC4)s3)CC2)c1. The first-order valence-electron chi connectivity index (χ1n) is 9.22. The summed E-state index contributed by atoms with van der Waals surface area (Å²) in [6.07, 6.45) is 4.21. The third kappa shape index (κ3) is 3.98. The van der Waals surface area contributed by atoms with E-state index in [0.717, 1.165) is 29.2 Å². The molecule has 1 aromatic heterocycles. The summed E-state index contributed by atoms with van der Waals surface area (Å²) in [4.78, 5) is 14.3. The molecule has 1 saturated heterocycles. The summed E-state index contributed by atoms with van der Waals surface area (Å²) >= 11 is 1.50. The summed E-state index contributed by atoms with van der Waals surface area (Å²) in [7, 11) is 0. The fourth-order valence-electron chi connectivity index (χ4n) is 3.14. The number of piperidine rings is 1. The fraction of sp³-hybridized carbons (Fsp3) is 0.526. The molecule has 1 aliphatic carbocycles. The second-order valence-electron chi connectivity index (χ2n) is 7.22. The number of aryl methyl sites for hydroxylation is 2. The molecule has 138 valence electrons. The molecule has 7 heteroatoms. The van der Waals surface area contributed by atoms with Crippen molar-refractivity contribution in [3.63, 3.8) is 0 Å². The number of urea groups is 1. The van der Waals surface area contributed by atoms with E-state index in [9.17, 15) is 4.79 Å². The first-order valence-corrected chi connectivity index (χ1v) is 10.0. The van der Waals surface area contributed by atoms with E-state index >= 15 is 0 Å². The van der Waals surface area contributed by atoms with Crippen LogP contribution in [0.15, 0.2) is 18.2 Å². The number of nitrogens with zero attached hydrogens (tertiary/aromatic N) is 3. The predicted octanol–water partition coefficient (Wildman–Crippen LogP) is 4.11. The molecule has 1 aromatic carbocycles. The number of carbonyl (C=O) groups is 1. The molecule has 1 N–H and O–H groups in total. The lowest BCUT2D eigenvalue weighted by atomic mass is 10.1. The van der Waals surface area contributed by atoms with Crippen LogP contribution in [0.2, 0.25) is 0 Å². The zero-order valence-electron chi connectivity index (χ0n) is 15.2. The van der Waals surface area contributed by atoms with Gasteiger partial charge in [0, 0.05) is 31.8 Å². The molecule has 2 fully saturated rings. The largest absolute Gasteiger partial charge is 0.490 e. The number of nitrogens with one attached hydrogen (secondary N) is 1. The minimum Gasteiger partial charge on any atom is -0.490 e. The van der Waals surface area contributed by atoms with Crippen molar-refractivity contribution in [1.82, 2.24) is 15.1 Å². The lowest BCUT2D eigenvalue weighted by molar-refractivity contribution is 0.115. The van der Waals surface area contributed by atoms with E-state index in [1.165, 1.54) is 29.7 Å². The zero-order valence-corrected chi connectivity index (χ0v) is 16.0. The third-order valence-electron chi connectivity index (χ3n) is 4.95. The van der Waals surface area contributed by atoms with E-state index in [4.69, 9.17) is 4.74 Å². The van der Waals surface area contributed by atoms with Gasteiger partial charge in [0.25, 0.3) is 0 Å². The van der Waals surface area contributed by atoms with Crippen LogP contribution in [0.3, 0.4) is 0 Å². The van der Waals surface area contributed by atoms with Crippen LogP contribution in [-0.2, 0) is 0 Å². The summed E-state index contributed by atoms with van der Waals surface area (Å²) < 4.78 is 6.17. The molecule has 1 saturated carbocycles. The molecule has 2 heterocycles. The molecule has 2 aliphatic rings. The van der Waals surface area contributed by atoms with Gasteiger partial charge < -0.3 is 9.64 Å². The molecule has 2 amide bonds. The van der Waals surface area contributed by atoms with Gasteiger partial charge in [-0.3, -0.25) is 5.32 Å². The van der Waals surface area contributed by atoms with Gasteiger partial charge in [0.2, 0.25) is 5.13 Å². The van der Waals surface area contributed by atoms with Crippen molar-refractivity contribution in [1.29, 1.82) is 0 Å². The number of ether oxygens (including phenoxy) is 1. The summed E-state index contributed by atoms with van der Waals surface area (Å²) in [6.45, 7) is 5.52. The molecule has 0 unspecified atom stereocenters. The molecule has 2 aromatic rings. The number of hydrogen-bond donors (Lipinski definition) is 1. The van der Waals surface area contributed by atoms with Crippen LogP contribution < -0.4 is 10.1 Å². The number of likely N-dealkylation sites (tertiary alicyclic amines) is 1. The lowest BCUT2D eigenvalue weighted by Crippen LogP contribution is -2.43. The molecule has 0 spiro atoms. The highest BCUT2D eigenvalue weighted by Crippen LogP contribution is 2.42. The number of benzene rings is 1. The Hall–Kier alpha value is -2.15. The smallest absolute Gasteiger partial charge is 0.323 e. The number of carbonyl (C=O) groups excluding carboxylic acids is 1. The van der Waals surface area contributed by atoms with Gasteiger partial charge in [0.1, 0.15) is 16.9 Å². The van der Waals surface area contributed by atoms with Gasteiger partial charge in [0.15, 0.2) is 0 Å². The predicted molar refractivity (Wildman–Crippen MR) is 102 cm³/mol. The quantitative estimate of drug-likeness (QED) is 0.877. The molecular formula is C19H24N4O2S. The first-order chi connectivity index (χ1) is 12.6.